The van der Waals surface area contributed by atoms with Gasteiger partial charge >= 0.3 is 7.12 Å². The molecular weight excluding hydrogens is 163 g/mol. The fourth-order valence-electron chi connectivity index (χ4n) is 1.35. The van der Waals surface area contributed by atoms with Crippen LogP contribution in [0.25, 0.3) is 5.47 Å². The maximum absolute atomic E-state index is 5.35. The highest BCUT2D eigenvalue weighted by Crippen LogP contribution is 2.18. The number of rotatable bonds is 2. The van der Waals surface area contributed by atoms with Crippen LogP contribution in [0, 0.1) is 0 Å². The van der Waals surface area contributed by atoms with E-state index in [4.69, 9.17) is 9.31 Å². The summed E-state index contributed by atoms with van der Waals surface area (Å²) in [4.78, 5) is 0. The summed E-state index contributed by atoms with van der Waals surface area (Å²) in [7, 11) is -0.248. The van der Waals surface area contributed by atoms with Crippen molar-refractivity contribution in [3.8, 4) is 0 Å². The highest BCUT2D eigenvalue weighted by Gasteiger charge is 2.27. The van der Waals surface area contributed by atoms with Crippen molar-refractivity contribution >= 4 is 12.6 Å². The first-order valence-corrected chi connectivity index (χ1v) is 4.35. The summed E-state index contributed by atoms with van der Waals surface area (Å²) in [6.45, 7) is 5.28. The van der Waals surface area contributed by atoms with E-state index in [1.54, 1.807) is 0 Å². The average molecular weight is 174 g/mol. The Bertz CT molecular complexity index is 291. The Balaban J connectivity index is 2.13. The van der Waals surface area contributed by atoms with Gasteiger partial charge in [0.2, 0.25) is 0 Å². The van der Waals surface area contributed by atoms with Crippen LogP contribution in [0.4, 0.5) is 0 Å². The largest absolute Gasteiger partial charge is 0.494 e. The summed E-state index contributed by atoms with van der Waals surface area (Å²) >= 11 is 0. The lowest BCUT2D eigenvalue weighted by Gasteiger charge is -2.07. The van der Waals surface area contributed by atoms with Gasteiger partial charge in [0.15, 0.2) is 0 Å². The van der Waals surface area contributed by atoms with Crippen molar-refractivity contribution in [2.24, 2.45) is 0 Å². The first-order chi connectivity index (χ1) is 6.38. The lowest BCUT2D eigenvalue weighted by molar-refractivity contribution is 0.365. The monoisotopic (exact) mass is 174 g/mol. The molecule has 3 heteroatoms. The fourth-order valence-corrected chi connectivity index (χ4v) is 1.35. The molecule has 0 atom stereocenters. The van der Waals surface area contributed by atoms with E-state index in [1.807, 2.05) is 30.3 Å². The van der Waals surface area contributed by atoms with Gasteiger partial charge in [-0.15, -0.1) is 0 Å². The smallest absolute Gasteiger partial charge is 0.405 e. The molecule has 0 bridgehead atoms. The SMILES string of the molecule is C=C(B1OCCO1)c1ccccc1. The van der Waals surface area contributed by atoms with Gasteiger partial charge in [0, 0.05) is 0 Å². The first-order valence-electron chi connectivity index (χ1n) is 4.35. The summed E-state index contributed by atoms with van der Waals surface area (Å²) in [6.07, 6.45) is 0. The predicted octanol–water partition coefficient (Wildman–Crippen LogP) is 1.77. The Morgan fingerprint density at radius 2 is 1.77 bits per heavy atom. The van der Waals surface area contributed by atoms with Crippen molar-refractivity contribution in [1.29, 1.82) is 0 Å². The highest BCUT2D eigenvalue weighted by atomic mass is 16.6. The van der Waals surface area contributed by atoms with Gasteiger partial charge in [0.1, 0.15) is 0 Å². The molecule has 1 heterocycles. The van der Waals surface area contributed by atoms with Crippen LogP contribution in [0.3, 0.4) is 0 Å². The number of hydrogen-bond acceptors (Lipinski definition) is 2. The van der Waals surface area contributed by atoms with Crippen molar-refractivity contribution < 1.29 is 9.31 Å². The molecule has 1 aromatic rings. The number of hydrogen-bond donors (Lipinski definition) is 0. The molecule has 0 N–H and O–H groups in total. The minimum Gasteiger partial charge on any atom is -0.405 e. The van der Waals surface area contributed by atoms with E-state index in [9.17, 15) is 0 Å². The van der Waals surface area contributed by atoms with E-state index in [-0.39, 0.29) is 7.12 Å². The van der Waals surface area contributed by atoms with Crippen molar-refractivity contribution in [3.05, 3.63) is 42.5 Å². The zero-order valence-electron chi connectivity index (χ0n) is 7.40. The normalized spacial score (nSPS) is 16.2. The fraction of sp³-hybridized carbons (Fsp3) is 0.200. The molecule has 1 aliphatic rings. The van der Waals surface area contributed by atoms with Gasteiger partial charge in [-0.25, -0.2) is 0 Å². The molecule has 1 aliphatic heterocycles. The standard InChI is InChI=1S/C10H11BO2/c1-9(11-12-7-8-13-11)10-5-3-2-4-6-10/h2-6H,1,7-8H2. The van der Waals surface area contributed by atoms with Gasteiger partial charge in [-0.3, -0.25) is 0 Å². The van der Waals surface area contributed by atoms with Crippen LogP contribution in [0.15, 0.2) is 36.9 Å². The van der Waals surface area contributed by atoms with Crippen molar-refractivity contribution in [3.63, 3.8) is 0 Å². The third-order valence-electron chi connectivity index (χ3n) is 2.05. The van der Waals surface area contributed by atoms with E-state index >= 15 is 0 Å². The van der Waals surface area contributed by atoms with Gasteiger partial charge < -0.3 is 9.31 Å². The second-order valence-electron chi connectivity index (χ2n) is 2.96. The molecule has 13 heavy (non-hydrogen) atoms. The molecule has 0 unspecified atom stereocenters. The molecule has 66 valence electrons. The minimum absolute atomic E-state index is 0.248. The molecule has 0 aromatic heterocycles. The van der Waals surface area contributed by atoms with Crippen LogP contribution in [0.1, 0.15) is 5.56 Å². The summed E-state index contributed by atoms with van der Waals surface area (Å²) < 4.78 is 10.7. The van der Waals surface area contributed by atoms with Crippen LogP contribution in [0.2, 0.25) is 0 Å². The van der Waals surface area contributed by atoms with Crippen LogP contribution in [-0.2, 0) is 9.31 Å². The molecule has 2 rings (SSSR count). The quantitative estimate of drug-likeness (QED) is 0.636. The lowest BCUT2D eigenvalue weighted by atomic mass is 9.75. The third-order valence-corrected chi connectivity index (χ3v) is 2.05. The van der Waals surface area contributed by atoms with E-state index in [0.717, 1.165) is 11.0 Å². The maximum atomic E-state index is 5.35. The molecule has 0 spiro atoms. The molecule has 0 radical (unpaired) electrons. The van der Waals surface area contributed by atoms with Crippen LogP contribution >= 0.6 is 0 Å². The summed E-state index contributed by atoms with van der Waals surface area (Å²) in [5.41, 5.74) is 1.98. The molecular formula is C10H11BO2. The van der Waals surface area contributed by atoms with Crippen LogP contribution < -0.4 is 0 Å². The van der Waals surface area contributed by atoms with E-state index < -0.39 is 0 Å². The molecule has 1 aromatic carbocycles. The summed E-state index contributed by atoms with van der Waals surface area (Å²) in [6, 6.07) is 9.96. The van der Waals surface area contributed by atoms with Crippen molar-refractivity contribution in [2.75, 3.05) is 13.2 Å². The maximum Gasteiger partial charge on any atom is 0.494 e. The lowest BCUT2D eigenvalue weighted by Crippen LogP contribution is -2.16. The average Bonchev–Trinajstić information content (AvgIpc) is 2.71. The number of benzene rings is 1. The highest BCUT2D eigenvalue weighted by molar-refractivity contribution is 6.68. The Labute approximate surface area is 78.3 Å². The molecule has 0 aliphatic carbocycles. The van der Waals surface area contributed by atoms with Gasteiger partial charge in [-0.05, 0) is 11.0 Å². The molecule has 1 fully saturated rings. The van der Waals surface area contributed by atoms with Gasteiger partial charge in [-0.2, -0.15) is 0 Å². The Morgan fingerprint density at radius 3 is 2.38 bits per heavy atom. The Hall–Kier alpha value is -1.06. The van der Waals surface area contributed by atoms with Crippen LogP contribution in [0.5, 0.6) is 0 Å². The molecule has 0 saturated carbocycles. The molecule has 0 amide bonds. The second kappa shape index (κ2) is 3.77. The topological polar surface area (TPSA) is 18.5 Å². The van der Waals surface area contributed by atoms with E-state index in [0.29, 0.717) is 13.2 Å². The van der Waals surface area contributed by atoms with Crippen LogP contribution in [-0.4, -0.2) is 20.3 Å². The minimum atomic E-state index is -0.248. The van der Waals surface area contributed by atoms with E-state index in [1.165, 1.54) is 0 Å². The Morgan fingerprint density at radius 1 is 1.15 bits per heavy atom. The second-order valence-corrected chi connectivity index (χ2v) is 2.96. The molecule has 2 nitrogen and oxygen atoms in total. The van der Waals surface area contributed by atoms with Crippen molar-refractivity contribution in [1.82, 2.24) is 0 Å². The van der Waals surface area contributed by atoms with E-state index in [2.05, 4.69) is 6.58 Å². The summed E-state index contributed by atoms with van der Waals surface area (Å²) in [5.74, 6) is 0. The van der Waals surface area contributed by atoms with Gasteiger partial charge in [0.05, 0.1) is 13.2 Å². The van der Waals surface area contributed by atoms with Crippen molar-refractivity contribution in [2.45, 2.75) is 0 Å². The first kappa shape index (κ1) is 8.54. The van der Waals surface area contributed by atoms with Gasteiger partial charge in [0.25, 0.3) is 0 Å². The third kappa shape index (κ3) is 1.82. The zero-order valence-corrected chi connectivity index (χ0v) is 7.40. The zero-order chi connectivity index (χ0) is 9.10. The predicted molar refractivity (Wildman–Crippen MR) is 53.1 cm³/mol. The Kier molecular flexibility index (Phi) is 2.48. The van der Waals surface area contributed by atoms with Gasteiger partial charge in [-0.1, -0.05) is 36.9 Å². The molecule has 1 saturated heterocycles. The summed E-state index contributed by atoms with van der Waals surface area (Å²) in [5, 5.41) is 0.